The van der Waals surface area contributed by atoms with Gasteiger partial charge < -0.3 is 14.4 Å². The minimum Gasteiger partial charge on any atom is -0.480 e. The first-order valence-electron chi connectivity index (χ1n) is 8.88. The first-order valence-corrected chi connectivity index (χ1v) is 8.88. The third kappa shape index (κ3) is 3.73. The van der Waals surface area contributed by atoms with Gasteiger partial charge in [0.2, 0.25) is 11.2 Å². The van der Waals surface area contributed by atoms with Crippen LogP contribution in [-0.4, -0.2) is 17.5 Å². The third-order valence-electron chi connectivity index (χ3n) is 4.44. The third-order valence-corrected chi connectivity index (χ3v) is 4.44. The fraction of sp³-hybridized carbons (Fsp3) is 0.0435. The van der Waals surface area contributed by atoms with Gasteiger partial charge in [-0.3, -0.25) is 4.79 Å². The number of hydrogen-bond donors (Lipinski definition) is 1. The summed E-state index contributed by atoms with van der Waals surface area (Å²) in [5, 5.41) is 13.0. The zero-order chi connectivity index (χ0) is 20.2. The standard InChI is InChI=1S/C23H16FNO4/c24-17-12-10-15(11-13-17)19(25-27)14-28-23-21(26)18-8-4-5-9-20(18)29-22(23)16-6-2-1-3-7-16/h1-13,27H,14H2/b25-19-. The highest BCUT2D eigenvalue weighted by Gasteiger charge is 2.18. The summed E-state index contributed by atoms with van der Waals surface area (Å²) in [6.07, 6.45) is 0. The number of nitrogens with zero attached hydrogens (tertiary/aromatic N) is 1. The summed E-state index contributed by atoms with van der Waals surface area (Å²) < 4.78 is 24.9. The Kier molecular flexibility index (Phi) is 5.07. The summed E-state index contributed by atoms with van der Waals surface area (Å²) in [7, 11) is 0. The van der Waals surface area contributed by atoms with Crippen LogP contribution in [-0.2, 0) is 0 Å². The number of para-hydroxylation sites is 1. The SMILES string of the molecule is O=c1c(OC/C(=N/O)c2ccc(F)cc2)c(-c2ccccc2)oc2ccccc12. The quantitative estimate of drug-likeness (QED) is 0.301. The lowest BCUT2D eigenvalue weighted by Gasteiger charge is -2.12. The minimum atomic E-state index is -0.409. The lowest BCUT2D eigenvalue weighted by Crippen LogP contribution is -2.18. The molecule has 0 aliphatic carbocycles. The van der Waals surface area contributed by atoms with E-state index in [2.05, 4.69) is 5.16 Å². The fourth-order valence-electron chi connectivity index (χ4n) is 2.99. The Morgan fingerprint density at radius 3 is 2.38 bits per heavy atom. The Bertz CT molecular complexity index is 1230. The predicted octanol–water partition coefficient (Wildman–Crippen LogP) is 4.86. The van der Waals surface area contributed by atoms with E-state index in [0.717, 1.165) is 0 Å². The maximum Gasteiger partial charge on any atom is 0.235 e. The highest BCUT2D eigenvalue weighted by Crippen LogP contribution is 2.30. The molecule has 0 spiro atoms. The number of hydrogen-bond acceptors (Lipinski definition) is 5. The Balaban J connectivity index is 1.77. The summed E-state index contributed by atoms with van der Waals surface area (Å²) in [4.78, 5) is 13.1. The molecule has 0 saturated heterocycles. The monoisotopic (exact) mass is 389 g/mol. The van der Waals surface area contributed by atoms with Crippen LogP contribution >= 0.6 is 0 Å². The molecule has 0 saturated carbocycles. The number of halogens is 1. The van der Waals surface area contributed by atoms with Gasteiger partial charge in [-0.15, -0.1) is 0 Å². The van der Waals surface area contributed by atoms with E-state index in [9.17, 15) is 14.4 Å². The van der Waals surface area contributed by atoms with Crippen LogP contribution in [0.5, 0.6) is 5.75 Å². The molecule has 1 aromatic heterocycles. The highest BCUT2D eigenvalue weighted by atomic mass is 19.1. The van der Waals surface area contributed by atoms with E-state index >= 15 is 0 Å². The molecule has 0 amide bonds. The van der Waals surface area contributed by atoms with E-state index < -0.39 is 5.82 Å². The average molecular weight is 389 g/mol. The first-order chi connectivity index (χ1) is 14.2. The van der Waals surface area contributed by atoms with Gasteiger partial charge >= 0.3 is 0 Å². The molecule has 1 N–H and O–H groups in total. The van der Waals surface area contributed by atoms with Crippen LogP contribution in [0.4, 0.5) is 4.39 Å². The van der Waals surface area contributed by atoms with Crippen LogP contribution in [0.1, 0.15) is 5.56 Å². The van der Waals surface area contributed by atoms with Crippen molar-refractivity contribution >= 4 is 16.7 Å². The largest absolute Gasteiger partial charge is 0.480 e. The summed E-state index contributed by atoms with van der Waals surface area (Å²) in [6.45, 7) is -0.203. The zero-order valence-electron chi connectivity index (χ0n) is 15.2. The van der Waals surface area contributed by atoms with Crippen molar-refractivity contribution in [3.63, 3.8) is 0 Å². The van der Waals surface area contributed by atoms with Gasteiger partial charge in [0.25, 0.3) is 0 Å². The Hall–Kier alpha value is -3.93. The van der Waals surface area contributed by atoms with Crippen LogP contribution in [0.25, 0.3) is 22.3 Å². The van der Waals surface area contributed by atoms with Gasteiger partial charge in [0, 0.05) is 11.1 Å². The Morgan fingerprint density at radius 1 is 0.966 bits per heavy atom. The predicted molar refractivity (Wildman–Crippen MR) is 108 cm³/mol. The number of benzene rings is 3. The van der Waals surface area contributed by atoms with Crippen molar-refractivity contribution in [2.75, 3.05) is 6.61 Å². The molecule has 3 aromatic carbocycles. The maximum absolute atomic E-state index is 13.2. The summed E-state index contributed by atoms with van der Waals surface area (Å²) in [5.74, 6) is -0.114. The number of fused-ring (bicyclic) bond motifs is 1. The smallest absolute Gasteiger partial charge is 0.235 e. The van der Waals surface area contributed by atoms with Crippen LogP contribution in [0, 0.1) is 5.82 Å². The number of oxime groups is 1. The Labute approximate surface area is 165 Å². The van der Waals surface area contributed by atoms with E-state index in [-0.39, 0.29) is 29.3 Å². The summed E-state index contributed by atoms with van der Waals surface area (Å²) in [6, 6.07) is 21.5. The lowest BCUT2D eigenvalue weighted by molar-refractivity contribution is 0.306. The van der Waals surface area contributed by atoms with Gasteiger partial charge in [-0.25, -0.2) is 4.39 Å². The topological polar surface area (TPSA) is 72.0 Å². The second-order valence-electron chi connectivity index (χ2n) is 6.29. The van der Waals surface area contributed by atoms with E-state index in [0.29, 0.717) is 22.1 Å². The zero-order valence-corrected chi connectivity index (χ0v) is 15.2. The van der Waals surface area contributed by atoms with Gasteiger partial charge in [0.05, 0.1) is 5.39 Å². The first kappa shape index (κ1) is 18.4. The van der Waals surface area contributed by atoms with Gasteiger partial charge in [-0.1, -0.05) is 47.6 Å². The van der Waals surface area contributed by atoms with E-state index in [1.165, 1.54) is 24.3 Å². The molecule has 0 aliphatic heterocycles. The van der Waals surface area contributed by atoms with Crippen LogP contribution in [0.3, 0.4) is 0 Å². The molecular formula is C23H16FNO4. The van der Waals surface area contributed by atoms with Crippen LogP contribution < -0.4 is 10.2 Å². The maximum atomic E-state index is 13.2. The molecule has 0 atom stereocenters. The normalized spacial score (nSPS) is 11.6. The molecule has 4 aromatic rings. The van der Waals surface area contributed by atoms with E-state index in [1.54, 1.807) is 36.4 Å². The fourth-order valence-corrected chi connectivity index (χ4v) is 2.99. The molecule has 144 valence electrons. The van der Waals surface area contributed by atoms with E-state index in [4.69, 9.17) is 9.15 Å². The van der Waals surface area contributed by atoms with Gasteiger partial charge in [-0.2, -0.15) is 0 Å². The van der Waals surface area contributed by atoms with Gasteiger partial charge in [-0.05, 0) is 36.4 Å². The average Bonchev–Trinajstić information content (AvgIpc) is 2.77. The number of ether oxygens (including phenoxy) is 1. The van der Waals surface area contributed by atoms with Crippen molar-refractivity contribution in [3.05, 3.63) is 100 Å². The highest BCUT2D eigenvalue weighted by molar-refractivity contribution is 6.01. The van der Waals surface area contributed by atoms with Gasteiger partial charge in [0.1, 0.15) is 23.7 Å². The molecule has 0 unspecified atom stereocenters. The van der Waals surface area contributed by atoms with Crippen molar-refractivity contribution < 1.29 is 18.8 Å². The van der Waals surface area contributed by atoms with Crippen molar-refractivity contribution in [3.8, 4) is 17.1 Å². The summed E-state index contributed by atoms with van der Waals surface area (Å²) >= 11 is 0. The molecule has 1 heterocycles. The minimum absolute atomic E-state index is 0.0122. The molecule has 0 fully saturated rings. The molecule has 0 bridgehead atoms. The second-order valence-corrected chi connectivity index (χ2v) is 6.29. The second kappa shape index (κ2) is 7.98. The van der Waals surface area contributed by atoms with Crippen molar-refractivity contribution in [1.29, 1.82) is 0 Å². The molecule has 5 nitrogen and oxygen atoms in total. The molecule has 0 aliphatic rings. The molecule has 29 heavy (non-hydrogen) atoms. The molecule has 0 radical (unpaired) electrons. The van der Waals surface area contributed by atoms with Gasteiger partial charge in [0.15, 0.2) is 5.76 Å². The number of rotatable bonds is 5. The molecule has 6 heteroatoms. The summed E-state index contributed by atoms with van der Waals surface area (Å²) in [5.41, 5.74) is 1.41. The van der Waals surface area contributed by atoms with Crippen LogP contribution in [0.2, 0.25) is 0 Å². The lowest BCUT2D eigenvalue weighted by atomic mass is 10.1. The molecular weight excluding hydrogens is 373 g/mol. The molecule has 4 rings (SSSR count). The van der Waals surface area contributed by atoms with Crippen molar-refractivity contribution in [1.82, 2.24) is 0 Å². The Morgan fingerprint density at radius 2 is 1.66 bits per heavy atom. The van der Waals surface area contributed by atoms with Crippen LogP contribution in [0.15, 0.2) is 93.2 Å². The van der Waals surface area contributed by atoms with E-state index in [1.807, 2.05) is 18.2 Å². The van der Waals surface area contributed by atoms with Crippen molar-refractivity contribution in [2.45, 2.75) is 0 Å². The van der Waals surface area contributed by atoms with Crippen molar-refractivity contribution in [2.24, 2.45) is 5.16 Å².